The minimum Gasteiger partial charge on any atom is -0.627 e. The van der Waals surface area contributed by atoms with Gasteiger partial charge in [-0.05, 0) is 74.5 Å². The van der Waals surface area contributed by atoms with Gasteiger partial charge >= 0.3 is 0 Å². The molecule has 0 bridgehead atoms. The number of hydrogen-bond acceptors (Lipinski definition) is 5. The number of ketones is 1. The van der Waals surface area contributed by atoms with Gasteiger partial charge in [-0.25, -0.2) is 0 Å². The molecule has 6 nitrogen and oxygen atoms in total. The van der Waals surface area contributed by atoms with Gasteiger partial charge < -0.3 is 25.4 Å². The number of anilines is 1. The summed E-state index contributed by atoms with van der Waals surface area (Å²) in [5.74, 6) is 0.00368. The molecule has 210 valence electrons. The van der Waals surface area contributed by atoms with E-state index in [0.717, 1.165) is 36.6 Å². The van der Waals surface area contributed by atoms with Gasteiger partial charge in [-0.3, -0.25) is 4.79 Å². The average Bonchev–Trinajstić information content (AvgIpc) is 2.99. The molecule has 2 atom stereocenters. The Hall–Kier alpha value is -1.93. The van der Waals surface area contributed by atoms with Gasteiger partial charge in [0.05, 0.1) is 17.1 Å². The SMILES string of the molecule is CC[N+]1([O-])c2ccc(CNCCN3CCCCC3)cc2NC2=C(C(=O)CC(C)(C)C2)C1c1ccc(Cl)cc1Cl. The van der Waals surface area contributed by atoms with Crippen molar-refractivity contribution in [1.29, 1.82) is 0 Å². The highest BCUT2D eigenvalue weighted by Crippen LogP contribution is 2.52. The Labute approximate surface area is 242 Å². The Morgan fingerprint density at radius 3 is 2.59 bits per heavy atom. The number of carbonyl (C=O) groups excluding carboxylic acids is 1. The van der Waals surface area contributed by atoms with E-state index >= 15 is 5.21 Å². The maximum atomic E-state index is 15.0. The third kappa shape index (κ3) is 5.92. The molecule has 8 heteroatoms. The zero-order chi connectivity index (χ0) is 27.8. The van der Waals surface area contributed by atoms with Crippen molar-refractivity contribution in [3.05, 3.63) is 74.0 Å². The lowest BCUT2D eigenvalue weighted by Crippen LogP contribution is -2.48. The van der Waals surface area contributed by atoms with E-state index < -0.39 is 10.7 Å². The monoisotopic (exact) mass is 570 g/mol. The topological polar surface area (TPSA) is 67.4 Å². The molecule has 0 radical (unpaired) electrons. The van der Waals surface area contributed by atoms with Crippen molar-refractivity contribution in [2.24, 2.45) is 5.41 Å². The fourth-order valence-corrected chi connectivity index (χ4v) is 7.02. The first kappa shape index (κ1) is 28.6. The molecular weight excluding hydrogens is 531 g/mol. The van der Waals surface area contributed by atoms with Crippen LogP contribution in [0.1, 0.15) is 70.0 Å². The molecular formula is C31H40Cl2N4O2. The maximum Gasteiger partial charge on any atom is 0.167 e. The van der Waals surface area contributed by atoms with Gasteiger partial charge in [0.15, 0.2) is 17.5 Å². The molecule has 2 aromatic rings. The van der Waals surface area contributed by atoms with Gasteiger partial charge in [-0.1, -0.05) is 49.5 Å². The lowest BCUT2D eigenvalue weighted by Gasteiger charge is -2.48. The van der Waals surface area contributed by atoms with Crippen molar-refractivity contribution in [3.63, 3.8) is 0 Å². The number of nitrogens with one attached hydrogen (secondary N) is 2. The van der Waals surface area contributed by atoms with Crippen molar-refractivity contribution in [1.82, 2.24) is 14.9 Å². The van der Waals surface area contributed by atoms with Crippen molar-refractivity contribution in [2.45, 2.75) is 65.5 Å². The number of piperidine rings is 1. The number of likely N-dealkylation sites (N-methyl/N-ethyl adjacent to an activating group) is 1. The van der Waals surface area contributed by atoms with Crippen LogP contribution in [0.25, 0.3) is 0 Å². The van der Waals surface area contributed by atoms with Crippen LogP contribution in [0, 0.1) is 10.6 Å². The molecule has 2 unspecified atom stereocenters. The molecule has 2 N–H and O–H groups in total. The molecule has 0 aromatic heterocycles. The summed E-state index contributed by atoms with van der Waals surface area (Å²) in [6.07, 6.45) is 5.00. The number of hydroxylamine groups is 2. The largest absolute Gasteiger partial charge is 0.627 e. The first-order valence-electron chi connectivity index (χ1n) is 14.2. The number of carbonyl (C=O) groups is 1. The maximum absolute atomic E-state index is 15.0. The van der Waals surface area contributed by atoms with Crippen molar-refractivity contribution in [3.8, 4) is 0 Å². The molecule has 0 saturated carbocycles. The van der Waals surface area contributed by atoms with E-state index in [1.165, 1.54) is 32.4 Å². The minimum absolute atomic E-state index is 0.00368. The molecule has 1 saturated heterocycles. The number of halogens is 2. The van der Waals surface area contributed by atoms with Crippen molar-refractivity contribution in [2.75, 3.05) is 38.0 Å². The van der Waals surface area contributed by atoms with Gasteiger partial charge in [0.1, 0.15) is 5.69 Å². The third-order valence-corrected chi connectivity index (χ3v) is 9.04. The summed E-state index contributed by atoms with van der Waals surface area (Å²) in [7, 11) is 0. The molecule has 1 fully saturated rings. The first-order chi connectivity index (χ1) is 18.6. The van der Waals surface area contributed by atoms with E-state index in [2.05, 4.69) is 35.4 Å². The van der Waals surface area contributed by atoms with Gasteiger partial charge in [0.25, 0.3) is 0 Å². The predicted molar refractivity (Wildman–Crippen MR) is 162 cm³/mol. The smallest absolute Gasteiger partial charge is 0.167 e. The Morgan fingerprint density at radius 1 is 1.10 bits per heavy atom. The quantitative estimate of drug-likeness (QED) is 0.209. The van der Waals surface area contributed by atoms with Crippen LogP contribution in [0.2, 0.25) is 10.0 Å². The molecule has 1 aliphatic carbocycles. The summed E-state index contributed by atoms with van der Waals surface area (Å²) in [4.78, 5) is 16.3. The molecule has 39 heavy (non-hydrogen) atoms. The van der Waals surface area contributed by atoms with E-state index in [9.17, 15) is 4.79 Å². The van der Waals surface area contributed by atoms with Crippen LogP contribution in [0.3, 0.4) is 0 Å². The molecule has 3 aliphatic rings. The number of Topliss-reactive ketones (excluding diaryl/α,β-unsaturated/α-hetero) is 1. The van der Waals surface area contributed by atoms with E-state index in [-0.39, 0.29) is 17.7 Å². The highest BCUT2D eigenvalue weighted by molar-refractivity contribution is 6.35. The van der Waals surface area contributed by atoms with Gasteiger partial charge in [0.2, 0.25) is 0 Å². The fraction of sp³-hybridized carbons (Fsp3) is 0.516. The Balaban J connectivity index is 1.51. The number of likely N-dealkylation sites (tertiary alicyclic amines) is 1. The molecule has 2 aromatic carbocycles. The molecule has 0 amide bonds. The summed E-state index contributed by atoms with van der Waals surface area (Å²) >= 11 is 12.9. The van der Waals surface area contributed by atoms with Gasteiger partial charge in [0, 0.05) is 48.4 Å². The summed E-state index contributed by atoms with van der Waals surface area (Å²) in [5, 5.41) is 23.1. The summed E-state index contributed by atoms with van der Waals surface area (Å²) < 4.78 is -0.697. The number of allylic oxidation sites excluding steroid dienone is 1. The first-order valence-corrected chi connectivity index (χ1v) is 15.0. The number of nitrogens with zero attached hydrogens (tertiary/aromatic N) is 2. The van der Waals surface area contributed by atoms with Crippen LogP contribution < -0.4 is 15.3 Å². The number of quaternary nitrogens is 1. The summed E-state index contributed by atoms with van der Waals surface area (Å²) in [6.45, 7) is 11.4. The van der Waals surface area contributed by atoms with Crippen molar-refractivity contribution < 1.29 is 4.79 Å². The highest BCUT2D eigenvalue weighted by Gasteiger charge is 2.47. The van der Waals surface area contributed by atoms with E-state index in [4.69, 9.17) is 23.2 Å². The predicted octanol–water partition coefficient (Wildman–Crippen LogP) is 7.20. The zero-order valence-corrected chi connectivity index (χ0v) is 24.8. The second kappa shape index (κ2) is 11.5. The van der Waals surface area contributed by atoms with Crippen LogP contribution >= 0.6 is 23.2 Å². The van der Waals surface area contributed by atoms with E-state index in [1.807, 2.05) is 19.1 Å². The third-order valence-electron chi connectivity index (χ3n) is 8.47. The minimum atomic E-state index is -0.777. The second-order valence-electron chi connectivity index (χ2n) is 12.1. The standard InChI is InChI=1S/C31H40Cl2N4O2/c1-4-37(39)27-11-8-21(20-34-12-15-36-13-6-5-7-14-36)16-25(27)35-26-18-31(2,3)19-28(38)29(26)30(37)23-10-9-22(32)17-24(23)33/h8-11,16-17,30,34-35H,4-7,12-15,18-20H2,1-3H3. The lowest BCUT2D eigenvalue weighted by molar-refractivity contribution is -0.118. The summed E-state index contributed by atoms with van der Waals surface area (Å²) in [5.41, 5.74) is 4.30. The Bertz CT molecular complexity index is 1270. The Kier molecular flexibility index (Phi) is 8.44. The number of rotatable bonds is 7. The highest BCUT2D eigenvalue weighted by atomic mass is 35.5. The zero-order valence-electron chi connectivity index (χ0n) is 23.3. The number of benzene rings is 2. The van der Waals surface area contributed by atoms with E-state index in [1.54, 1.807) is 18.2 Å². The fourth-order valence-electron chi connectivity index (χ4n) is 6.51. The molecule has 0 spiro atoms. The molecule has 2 aliphatic heterocycles. The van der Waals surface area contributed by atoms with Crippen LogP contribution in [0.4, 0.5) is 11.4 Å². The number of hydrogen-bond donors (Lipinski definition) is 2. The van der Waals surface area contributed by atoms with E-state index in [0.29, 0.717) is 39.7 Å². The van der Waals surface area contributed by atoms with Gasteiger partial charge in [-0.15, -0.1) is 0 Å². The summed E-state index contributed by atoms with van der Waals surface area (Å²) in [6, 6.07) is 10.5. The average molecular weight is 572 g/mol. The number of fused-ring (bicyclic) bond motifs is 1. The Morgan fingerprint density at radius 2 is 1.87 bits per heavy atom. The van der Waals surface area contributed by atoms with Gasteiger partial charge in [-0.2, -0.15) is 0 Å². The van der Waals surface area contributed by atoms with Crippen LogP contribution in [-0.4, -0.2) is 43.4 Å². The second-order valence-corrected chi connectivity index (χ2v) is 12.9. The molecule has 2 heterocycles. The van der Waals surface area contributed by atoms with Crippen LogP contribution in [0.5, 0.6) is 0 Å². The molecule has 5 rings (SSSR count). The van der Waals surface area contributed by atoms with Crippen molar-refractivity contribution >= 4 is 40.4 Å². The normalized spacial score (nSPS) is 25.1. The van der Waals surface area contributed by atoms with Crippen LogP contribution in [-0.2, 0) is 11.3 Å². The lowest BCUT2D eigenvalue weighted by atomic mass is 9.73. The van der Waals surface area contributed by atoms with Crippen LogP contribution in [0.15, 0.2) is 47.7 Å².